The van der Waals surface area contributed by atoms with Crippen LogP contribution in [0.5, 0.6) is 5.75 Å². The molecule has 0 heterocycles. The van der Waals surface area contributed by atoms with Crippen molar-refractivity contribution in [3.05, 3.63) is 24.3 Å². The lowest BCUT2D eigenvalue weighted by Crippen LogP contribution is -2.30. The van der Waals surface area contributed by atoms with Crippen LogP contribution < -0.4 is 10.1 Å². The highest BCUT2D eigenvalue weighted by molar-refractivity contribution is 5.88. The summed E-state index contributed by atoms with van der Waals surface area (Å²) >= 11 is 0. The molecular weight excluding hydrogens is 414 g/mol. The number of esters is 4. The van der Waals surface area contributed by atoms with Crippen LogP contribution in [0.3, 0.4) is 0 Å². The van der Waals surface area contributed by atoms with E-state index < -0.39 is 30.0 Å². The Hall–Kier alpha value is -3.63. The van der Waals surface area contributed by atoms with Gasteiger partial charge in [-0.15, -0.1) is 0 Å². The van der Waals surface area contributed by atoms with Crippen LogP contribution in [0.1, 0.15) is 33.6 Å². The molecule has 1 aromatic carbocycles. The Morgan fingerprint density at radius 3 is 1.87 bits per heavy atom. The van der Waals surface area contributed by atoms with E-state index >= 15 is 0 Å². The maximum absolute atomic E-state index is 11.9. The minimum Gasteiger partial charge on any atom is -0.462 e. The van der Waals surface area contributed by atoms with Gasteiger partial charge in [0.05, 0.1) is 12.8 Å². The summed E-state index contributed by atoms with van der Waals surface area (Å²) in [4.78, 5) is 56.3. The fraction of sp³-hybridized carbons (Fsp3) is 0.450. The molecule has 0 saturated carbocycles. The second kappa shape index (κ2) is 13.6. The van der Waals surface area contributed by atoms with Gasteiger partial charge in [0.2, 0.25) is 12.7 Å². The van der Waals surface area contributed by atoms with E-state index in [-0.39, 0.29) is 38.8 Å². The third-order valence-corrected chi connectivity index (χ3v) is 3.40. The number of carbonyl (C=O) groups excluding carboxylic acids is 5. The number of amides is 1. The van der Waals surface area contributed by atoms with E-state index in [4.69, 9.17) is 23.7 Å². The predicted octanol–water partition coefficient (Wildman–Crippen LogP) is 1.34. The zero-order valence-electron chi connectivity index (χ0n) is 17.5. The smallest absolute Gasteiger partial charge is 0.309 e. The van der Waals surface area contributed by atoms with E-state index in [2.05, 4.69) is 5.32 Å². The minimum atomic E-state index is -0.986. The Kier molecular flexibility index (Phi) is 11.1. The van der Waals surface area contributed by atoms with Crippen molar-refractivity contribution >= 4 is 35.5 Å². The molecule has 31 heavy (non-hydrogen) atoms. The molecule has 1 rings (SSSR count). The normalized spacial score (nSPS) is 10.1. The molecule has 0 aliphatic rings. The lowest BCUT2D eigenvalue weighted by Gasteiger charge is -2.17. The standard InChI is InChI=1S/C20H25NO10/c1-13(22)21-16-4-6-17(7-5-16)29-12-30-19(25)8-9-20(26)31-18(10-27-14(2)23)11-28-15(3)24/h4-7,18H,8-12H2,1-3H3,(H,21,22). The molecule has 1 N–H and O–H groups in total. The van der Waals surface area contributed by atoms with Crippen molar-refractivity contribution in [2.24, 2.45) is 0 Å². The molecule has 0 bridgehead atoms. The Bertz CT molecular complexity index is 757. The monoisotopic (exact) mass is 439 g/mol. The summed E-state index contributed by atoms with van der Waals surface area (Å²) < 4.78 is 24.7. The molecule has 0 aliphatic heterocycles. The highest BCUT2D eigenvalue weighted by Gasteiger charge is 2.19. The molecule has 11 nitrogen and oxygen atoms in total. The molecule has 0 fully saturated rings. The van der Waals surface area contributed by atoms with E-state index in [1.54, 1.807) is 24.3 Å². The van der Waals surface area contributed by atoms with Crippen molar-refractivity contribution in [1.29, 1.82) is 0 Å². The maximum Gasteiger partial charge on any atom is 0.309 e. The van der Waals surface area contributed by atoms with Gasteiger partial charge in [-0.3, -0.25) is 24.0 Å². The summed E-state index contributed by atoms with van der Waals surface area (Å²) in [6.45, 7) is 2.82. The van der Waals surface area contributed by atoms with Crippen LogP contribution in [0.2, 0.25) is 0 Å². The third-order valence-electron chi connectivity index (χ3n) is 3.40. The SMILES string of the molecule is CC(=O)Nc1ccc(OCOC(=O)CCC(=O)OC(COC(C)=O)COC(C)=O)cc1. The molecule has 0 aromatic heterocycles. The van der Waals surface area contributed by atoms with Gasteiger partial charge in [0.15, 0.2) is 6.10 Å². The van der Waals surface area contributed by atoms with Gasteiger partial charge in [-0.05, 0) is 24.3 Å². The van der Waals surface area contributed by atoms with E-state index in [1.165, 1.54) is 20.8 Å². The van der Waals surface area contributed by atoms with Gasteiger partial charge in [-0.2, -0.15) is 0 Å². The highest BCUT2D eigenvalue weighted by Crippen LogP contribution is 2.15. The molecule has 0 radical (unpaired) electrons. The first-order valence-electron chi connectivity index (χ1n) is 9.28. The van der Waals surface area contributed by atoms with Crippen LogP contribution in [0.15, 0.2) is 24.3 Å². The van der Waals surface area contributed by atoms with E-state index in [0.717, 1.165) is 0 Å². The summed E-state index contributed by atoms with van der Waals surface area (Å²) in [6, 6.07) is 6.42. The third kappa shape index (κ3) is 12.5. The fourth-order valence-corrected chi connectivity index (χ4v) is 2.06. The predicted molar refractivity (Wildman–Crippen MR) is 105 cm³/mol. The van der Waals surface area contributed by atoms with Crippen LogP contribution in [0.4, 0.5) is 5.69 Å². The minimum absolute atomic E-state index is 0.204. The van der Waals surface area contributed by atoms with Crippen molar-refractivity contribution in [3.63, 3.8) is 0 Å². The lowest BCUT2D eigenvalue weighted by atomic mass is 10.3. The molecular formula is C20H25NO10. The van der Waals surface area contributed by atoms with Gasteiger partial charge in [-0.1, -0.05) is 0 Å². The molecule has 0 unspecified atom stereocenters. The zero-order valence-corrected chi connectivity index (χ0v) is 17.5. The second-order valence-corrected chi connectivity index (χ2v) is 6.20. The molecule has 0 spiro atoms. The van der Waals surface area contributed by atoms with Gasteiger partial charge >= 0.3 is 23.9 Å². The topological polar surface area (TPSA) is 144 Å². The number of nitrogens with one attached hydrogen (secondary N) is 1. The quantitative estimate of drug-likeness (QED) is 0.288. The highest BCUT2D eigenvalue weighted by atomic mass is 16.7. The molecule has 0 saturated heterocycles. The van der Waals surface area contributed by atoms with Crippen molar-refractivity contribution in [2.45, 2.75) is 39.7 Å². The van der Waals surface area contributed by atoms with Gasteiger partial charge in [0.1, 0.15) is 19.0 Å². The molecule has 1 aromatic rings. The number of ether oxygens (including phenoxy) is 5. The number of hydrogen-bond donors (Lipinski definition) is 1. The first-order chi connectivity index (χ1) is 14.7. The van der Waals surface area contributed by atoms with Crippen LogP contribution in [-0.2, 0) is 42.9 Å². The molecule has 0 aliphatic carbocycles. The van der Waals surface area contributed by atoms with Crippen LogP contribution in [0.25, 0.3) is 0 Å². The number of anilines is 1. The zero-order chi connectivity index (χ0) is 23.2. The van der Waals surface area contributed by atoms with Gasteiger partial charge < -0.3 is 29.0 Å². The Morgan fingerprint density at radius 1 is 0.806 bits per heavy atom. The Balaban J connectivity index is 2.32. The first-order valence-corrected chi connectivity index (χ1v) is 9.28. The van der Waals surface area contributed by atoms with Gasteiger partial charge in [-0.25, -0.2) is 0 Å². The van der Waals surface area contributed by atoms with Gasteiger partial charge in [0.25, 0.3) is 0 Å². The maximum atomic E-state index is 11.9. The summed E-state index contributed by atoms with van der Waals surface area (Å²) in [5.41, 5.74) is 0.594. The Morgan fingerprint density at radius 2 is 1.35 bits per heavy atom. The van der Waals surface area contributed by atoms with Crippen molar-refractivity contribution < 1.29 is 47.7 Å². The first kappa shape index (κ1) is 25.4. The number of carbonyl (C=O) groups is 5. The number of hydrogen-bond acceptors (Lipinski definition) is 10. The lowest BCUT2D eigenvalue weighted by molar-refractivity contribution is -0.166. The molecule has 11 heteroatoms. The second-order valence-electron chi connectivity index (χ2n) is 6.20. The fourth-order valence-electron chi connectivity index (χ4n) is 2.06. The van der Waals surface area contributed by atoms with Crippen LogP contribution in [-0.4, -0.2) is 55.9 Å². The van der Waals surface area contributed by atoms with Crippen LogP contribution >= 0.6 is 0 Å². The molecule has 170 valence electrons. The van der Waals surface area contributed by atoms with Crippen molar-refractivity contribution in [1.82, 2.24) is 0 Å². The number of benzene rings is 1. The number of rotatable bonds is 12. The van der Waals surface area contributed by atoms with E-state index in [0.29, 0.717) is 11.4 Å². The van der Waals surface area contributed by atoms with E-state index in [9.17, 15) is 24.0 Å². The summed E-state index contributed by atoms with van der Waals surface area (Å²) in [7, 11) is 0. The Labute approximate surface area is 178 Å². The van der Waals surface area contributed by atoms with Crippen molar-refractivity contribution in [3.8, 4) is 5.75 Å². The average Bonchev–Trinajstić information content (AvgIpc) is 2.69. The summed E-state index contributed by atoms with van der Waals surface area (Å²) in [5.74, 6) is -2.40. The average molecular weight is 439 g/mol. The summed E-state index contributed by atoms with van der Waals surface area (Å²) in [6.07, 6.45) is -1.54. The molecule has 0 atom stereocenters. The van der Waals surface area contributed by atoms with Crippen molar-refractivity contribution in [2.75, 3.05) is 25.3 Å². The van der Waals surface area contributed by atoms with Crippen LogP contribution in [0, 0.1) is 0 Å². The molecule has 1 amide bonds. The largest absolute Gasteiger partial charge is 0.462 e. The van der Waals surface area contributed by atoms with E-state index in [1.807, 2.05) is 0 Å². The summed E-state index contributed by atoms with van der Waals surface area (Å²) in [5, 5.41) is 2.60. The van der Waals surface area contributed by atoms with Gasteiger partial charge in [0, 0.05) is 26.5 Å².